The third-order valence-electron chi connectivity index (χ3n) is 2.96. The number of rotatable bonds is 4. The molecule has 2 unspecified atom stereocenters. The second kappa shape index (κ2) is 5.43. The molecule has 1 fully saturated rings. The average Bonchev–Trinajstić information content (AvgIpc) is 2.85. The van der Waals surface area contributed by atoms with E-state index in [9.17, 15) is 0 Å². The molecule has 2 nitrogen and oxygen atoms in total. The minimum Gasteiger partial charge on any atom is -0.381 e. The lowest BCUT2D eigenvalue weighted by Gasteiger charge is -2.19. The van der Waals surface area contributed by atoms with Crippen LogP contribution in [0.3, 0.4) is 0 Å². The summed E-state index contributed by atoms with van der Waals surface area (Å²) in [6, 6.07) is 0.456. The molecule has 0 aliphatic carbocycles. The van der Waals surface area contributed by atoms with Gasteiger partial charge in [0.2, 0.25) is 0 Å². The number of nitrogens with one attached hydrogen (secondary N) is 1. The Labute approximate surface area is 103 Å². The molecule has 1 aliphatic rings. The summed E-state index contributed by atoms with van der Waals surface area (Å²) in [4.78, 5) is 0. The van der Waals surface area contributed by atoms with Crippen LogP contribution in [0.1, 0.15) is 24.4 Å². The SMILES string of the molecule is CNC(CC1CCOC1)c1cscc1Br. The van der Waals surface area contributed by atoms with Crippen molar-refractivity contribution in [3.8, 4) is 0 Å². The maximum absolute atomic E-state index is 5.41. The Morgan fingerprint density at radius 2 is 2.53 bits per heavy atom. The lowest BCUT2D eigenvalue weighted by Crippen LogP contribution is -2.20. The summed E-state index contributed by atoms with van der Waals surface area (Å²) in [6.45, 7) is 1.87. The standard InChI is InChI=1S/C11H16BrNOS/c1-13-11(4-8-2-3-14-5-8)9-6-15-7-10(9)12/h6-8,11,13H,2-5H2,1H3. The molecule has 1 saturated heterocycles. The van der Waals surface area contributed by atoms with Crippen molar-refractivity contribution in [2.24, 2.45) is 5.92 Å². The summed E-state index contributed by atoms with van der Waals surface area (Å²) in [5.74, 6) is 0.717. The van der Waals surface area contributed by atoms with Crippen molar-refractivity contribution in [2.75, 3.05) is 20.3 Å². The molecule has 0 saturated carbocycles. The van der Waals surface area contributed by atoms with E-state index in [4.69, 9.17) is 4.74 Å². The summed E-state index contributed by atoms with van der Waals surface area (Å²) < 4.78 is 6.64. The van der Waals surface area contributed by atoms with Gasteiger partial charge in [-0.15, -0.1) is 0 Å². The number of hydrogen-bond acceptors (Lipinski definition) is 3. The lowest BCUT2D eigenvalue weighted by atomic mass is 9.96. The van der Waals surface area contributed by atoms with E-state index < -0.39 is 0 Å². The Bertz CT molecular complexity index is 309. The number of hydrogen-bond donors (Lipinski definition) is 1. The van der Waals surface area contributed by atoms with Crippen molar-refractivity contribution < 1.29 is 4.74 Å². The summed E-state index contributed by atoms with van der Waals surface area (Å²) in [7, 11) is 2.03. The van der Waals surface area contributed by atoms with E-state index in [1.807, 2.05) is 7.05 Å². The van der Waals surface area contributed by atoms with Gasteiger partial charge in [-0.2, -0.15) is 11.3 Å². The largest absolute Gasteiger partial charge is 0.381 e. The molecule has 84 valence electrons. The molecule has 1 N–H and O–H groups in total. The van der Waals surface area contributed by atoms with Gasteiger partial charge in [-0.3, -0.25) is 0 Å². The van der Waals surface area contributed by atoms with Crippen LogP contribution in [0.5, 0.6) is 0 Å². The molecule has 0 amide bonds. The Morgan fingerprint density at radius 3 is 3.07 bits per heavy atom. The Kier molecular flexibility index (Phi) is 4.20. The molecule has 2 rings (SSSR count). The van der Waals surface area contributed by atoms with Gasteiger partial charge in [-0.1, -0.05) is 0 Å². The highest BCUT2D eigenvalue weighted by atomic mass is 79.9. The Morgan fingerprint density at radius 1 is 1.67 bits per heavy atom. The van der Waals surface area contributed by atoms with Crippen LogP contribution in [0.2, 0.25) is 0 Å². The van der Waals surface area contributed by atoms with Gasteiger partial charge in [0.1, 0.15) is 0 Å². The Balaban J connectivity index is 2.00. The van der Waals surface area contributed by atoms with Gasteiger partial charge in [0.25, 0.3) is 0 Å². The second-order valence-corrected chi connectivity index (χ2v) is 5.58. The molecule has 1 aromatic rings. The molecule has 0 aromatic carbocycles. The topological polar surface area (TPSA) is 21.3 Å². The van der Waals surface area contributed by atoms with Gasteiger partial charge < -0.3 is 10.1 Å². The quantitative estimate of drug-likeness (QED) is 0.919. The van der Waals surface area contributed by atoms with Crippen molar-refractivity contribution in [3.63, 3.8) is 0 Å². The molecule has 2 atom stereocenters. The van der Waals surface area contributed by atoms with Crippen LogP contribution < -0.4 is 5.32 Å². The van der Waals surface area contributed by atoms with E-state index in [0.717, 1.165) is 13.2 Å². The van der Waals surface area contributed by atoms with Crippen molar-refractivity contribution in [1.82, 2.24) is 5.32 Å². The van der Waals surface area contributed by atoms with Crippen LogP contribution in [-0.4, -0.2) is 20.3 Å². The van der Waals surface area contributed by atoms with Crippen molar-refractivity contribution in [2.45, 2.75) is 18.9 Å². The Hall–Kier alpha value is 0.100. The number of halogens is 1. The summed E-state index contributed by atoms with van der Waals surface area (Å²) in [6.07, 6.45) is 2.38. The van der Waals surface area contributed by atoms with Gasteiger partial charge in [0.15, 0.2) is 0 Å². The zero-order valence-electron chi connectivity index (χ0n) is 8.83. The first-order valence-corrected chi connectivity index (χ1v) is 7.01. The molecule has 1 aliphatic heterocycles. The first-order chi connectivity index (χ1) is 7.31. The van der Waals surface area contributed by atoms with Crippen LogP contribution >= 0.6 is 27.3 Å². The van der Waals surface area contributed by atoms with Crippen LogP contribution in [0, 0.1) is 5.92 Å². The summed E-state index contributed by atoms with van der Waals surface area (Å²) in [5.41, 5.74) is 1.38. The van der Waals surface area contributed by atoms with Crippen molar-refractivity contribution >= 4 is 27.3 Å². The van der Waals surface area contributed by atoms with Gasteiger partial charge >= 0.3 is 0 Å². The van der Waals surface area contributed by atoms with Crippen LogP contribution in [-0.2, 0) is 4.74 Å². The molecule has 15 heavy (non-hydrogen) atoms. The highest BCUT2D eigenvalue weighted by Crippen LogP contribution is 2.32. The van der Waals surface area contributed by atoms with E-state index in [0.29, 0.717) is 12.0 Å². The highest BCUT2D eigenvalue weighted by Gasteiger charge is 2.22. The highest BCUT2D eigenvalue weighted by molar-refractivity contribution is 9.10. The predicted octanol–water partition coefficient (Wildman–Crippen LogP) is 3.20. The molecule has 0 bridgehead atoms. The molecule has 0 spiro atoms. The minimum atomic E-state index is 0.456. The zero-order valence-corrected chi connectivity index (χ0v) is 11.2. The molecular weight excluding hydrogens is 274 g/mol. The average molecular weight is 290 g/mol. The molecule has 1 aromatic heterocycles. The third-order valence-corrected chi connectivity index (χ3v) is 4.71. The second-order valence-electron chi connectivity index (χ2n) is 3.98. The monoisotopic (exact) mass is 289 g/mol. The molecular formula is C11H16BrNOS. The fourth-order valence-electron chi connectivity index (χ4n) is 2.04. The fourth-order valence-corrected chi connectivity index (χ4v) is 3.67. The van der Waals surface area contributed by atoms with Crippen LogP contribution in [0.25, 0.3) is 0 Å². The smallest absolute Gasteiger partial charge is 0.0495 e. The van der Waals surface area contributed by atoms with E-state index >= 15 is 0 Å². The van der Waals surface area contributed by atoms with Gasteiger partial charge in [-0.25, -0.2) is 0 Å². The molecule has 2 heterocycles. The predicted molar refractivity (Wildman–Crippen MR) is 67.4 cm³/mol. The maximum Gasteiger partial charge on any atom is 0.0495 e. The van der Waals surface area contributed by atoms with Crippen LogP contribution in [0.15, 0.2) is 15.2 Å². The maximum atomic E-state index is 5.41. The van der Waals surface area contributed by atoms with Crippen molar-refractivity contribution in [1.29, 1.82) is 0 Å². The van der Waals surface area contributed by atoms with Gasteiger partial charge in [0.05, 0.1) is 0 Å². The van der Waals surface area contributed by atoms with E-state index in [1.54, 1.807) is 11.3 Å². The minimum absolute atomic E-state index is 0.456. The van der Waals surface area contributed by atoms with Crippen molar-refractivity contribution in [3.05, 3.63) is 20.8 Å². The number of thiophene rings is 1. The van der Waals surface area contributed by atoms with E-state index in [1.165, 1.54) is 22.9 Å². The first kappa shape index (κ1) is 11.6. The van der Waals surface area contributed by atoms with E-state index in [2.05, 4.69) is 32.0 Å². The normalized spacial score (nSPS) is 23.2. The summed E-state index contributed by atoms with van der Waals surface area (Å²) in [5, 5.41) is 7.76. The number of ether oxygens (including phenoxy) is 1. The van der Waals surface area contributed by atoms with Gasteiger partial charge in [0, 0.05) is 29.1 Å². The molecule has 4 heteroatoms. The first-order valence-electron chi connectivity index (χ1n) is 5.28. The van der Waals surface area contributed by atoms with Crippen LogP contribution in [0.4, 0.5) is 0 Å². The summed E-state index contributed by atoms with van der Waals surface area (Å²) >= 11 is 5.35. The lowest BCUT2D eigenvalue weighted by molar-refractivity contribution is 0.181. The zero-order chi connectivity index (χ0) is 10.7. The van der Waals surface area contributed by atoms with Gasteiger partial charge in [-0.05, 0) is 52.7 Å². The van der Waals surface area contributed by atoms with E-state index in [-0.39, 0.29) is 0 Å². The third kappa shape index (κ3) is 2.81. The fraction of sp³-hybridized carbons (Fsp3) is 0.636. The molecule has 0 radical (unpaired) electrons.